The lowest BCUT2D eigenvalue weighted by Crippen LogP contribution is -2.52. The Hall–Kier alpha value is -5.60. The van der Waals surface area contributed by atoms with Gasteiger partial charge in [0.2, 0.25) is 0 Å². The molecule has 1 fully saturated rings. The third kappa shape index (κ3) is 8.60. The van der Waals surface area contributed by atoms with Gasteiger partial charge in [0.15, 0.2) is 0 Å². The summed E-state index contributed by atoms with van der Waals surface area (Å²) >= 11 is 0. The van der Waals surface area contributed by atoms with Crippen LogP contribution in [0.4, 0.5) is 0 Å². The van der Waals surface area contributed by atoms with E-state index in [9.17, 15) is 39.6 Å². The van der Waals surface area contributed by atoms with E-state index in [-0.39, 0.29) is 61.0 Å². The van der Waals surface area contributed by atoms with Gasteiger partial charge in [0.1, 0.15) is 22.8 Å². The maximum atomic E-state index is 11.7. The summed E-state index contributed by atoms with van der Waals surface area (Å²) in [6, 6.07) is 18.7. The molecule has 0 radical (unpaired) electrons. The van der Waals surface area contributed by atoms with Gasteiger partial charge in [-0.25, -0.2) is 39.1 Å². The average molecular weight is 655 g/mol. The van der Waals surface area contributed by atoms with Crippen LogP contribution in [-0.2, 0) is 26.2 Å². The van der Waals surface area contributed by atoms with Crippen LogP contribution >= 0.6 is 0 Å². The van der Waals surface area contributed by atoms with Gasteiger partial charge in [0.05, 0.1) is 22.8 Å². The van der Waals surface area contributed by atoms with Gasteiger partial charge in [0.25, 0.3) is 0 Å². The lowest BCUT2D eigenvalue weighted by Gasteiger charge is -2.45. The van der Waals surface area contributed by atoms with E-state index in [1.54, 1.807) is 48.5 Å². The van der Waals surface area contributed by atoms with Gasteiger partial charge >= 0.3 is 23.9 Å². The zero-order valence-corrected chi connectivity index (χ0v) is 25.8. The van der Waals surface area contributed by atoms with E-state index in [4.69, 9.17) is 0 Å². The van der Waals surface area contributed by atoms with Crippen molar-refractivity contribution < 1.29 is 39.6 Å². The Morgan fingerprint density at radius 1 is 0.479 bits per heavy atom. The van der Waals surface area contributed by atoms with Crippen LogP contribution in [0, 0.1) is 0 Å². The highest BCUT2D eigenvalue weighted by Crippen LogP contribution is 2.31. The Morgan fingerprint density at radius 2 is 0.729 bits per heavy atom. The van der Waals surface area contributed by atoms with Crippen molar-refractivity contribution in [1.29, 1.82) is 0 Å². The van der Waals surface area contributed by atoms with Gasteiger partial charge < -0.3 is 20.4 Å². The molecule has 48 heavy (non-hydrogen) atoms. The number of carboxylic acids is 4. The van der Waals surface area contributed by atoms with Gasteiger partial charge in [-0.15, -0.1) is 0 Å². The molecule has 0 amide bonds. The summed E-state index contributed by atoms with van der Waals surface area (Å²) in [5.41, 5.74) is 1.61. The van der Waals surface area contributed by atoms with E-state index in [0.29, 0.717) is 22.8 Å². The smallest absolute Gasteiger partial charge is 0.354 e. The van der Waals surface area contributed by atoms with Crippen molar-refractivity contribution in [1.82, 2.24) is 29.7 Å². The molecular weight excluding hydrogens is 620 g/mol. The summed E-state index contributed by atoms with van der Waals surface area (Å²) in [5.74, 6) is -4.64. The van der Waals surface area contributed by atoms with Crippen LogP contribution in [0.15, 0.2) is 72.8 Å². The molecule has 14 nitrogen and oxygen atoms in total. The standard InChI is InChI=1S/C34H34N6O8/c41-31(42)25-11-3-7-21(35-25)17-39(18-22-8-4-12-26(36-22)32(43)44)29-15-1-2-16-30(29)40(19-23-9-5-13-27(37-23)33(45)46)20-24-10-6-14-28(38-24)34(47)48/h3-14,29-30H,1-2,15-20H2,(H,41,42)(H,43,44)(H,45,46)(H,47,48)/t29-,30-/m1/s1. The minimum absolute atomic E-state index is 0.103. The molecule has 0 bridgehead atoms. The van der Waals surface area contributed by atoms with Crippen molar-refractivity contribution in [3.05, 3.63) is 118 Å². The van der Waals surface area contributed by atoms with Gasteiger partial charge in [-0.2, -0.15) is 0 Å². The summed E-state index contributed by atoms with van der Waals surface area (Å²) in [5, 5.41) is 38.3. The summed E-state index contributed by atoms with van der Waals surface area (Å²) in [7, 11) is 0. The van der Waals surface area contributed by atoms with Crippen molar-refractivity contribution in [2.45, 2.75) is 63.9 Å². The third-order valence-corrected chi connectivity index (χ3v) is 8.20. The first-order valence-corrected chi connectivity index (χ1v) is 15.3. The van der Waals surface area contributed by atoms with Crippen molar-refractivity contribution in [3.8, 4) is 0 Å². The molecule has 1 aliphatic carbocycles. The number of hydrogen-bond donors (Lipinski definition) is 4. The molecule has 1 aliphatic rings. The van der Waals surface area contributed by atoms with Crippen LogP contribution in [0.1, 0.15) is 90.4 Å². The Labute approximate surface area is 275 Å². The first-order valence-electron chi connectivity index (χ1n) is 15.3. The Balaban J connectivity index is 1.55. The molecule has 2 atom stereocenters. The van der Waals surface area contributed by atoms with Gasteiger partial charge in [-0.05, 0) is 61.4 Å². The molecule has 0 unspecified atom stereocenters. The molecule has 0 spiro atoms. The highest BCUT2D eigenvalue weighted by molar-refractivity contribution is 5.86. The van der Waals surface area contributed by atoms with E-state index < -0.39 is 23.9 Å². The van der Waals surface area contributed by atoms with Crippen molar-refractivity contribution >= 4 is 23.9 Å². The predicted octanol–water partition coefficient (Wildman–Crippen LogP) is 4.08. The molecule has 0 aliphatic heterocycles. The van der Waals surface area contributed by atoms with Crippen molar-refractivity contribution in [3.63, 3.8) is 0 Å². The van der Waals surface area contributed by atoms with Crippen LogP contribution in [-0.4, -0.2) is 86.1 Å². The number of rotatable bonds is 14. The highest BCUT2D eigenvalue weighted by Gasteiger charge is 2.35. The molecule has 248 valence electrons. The van der Waals surface area contributed by atoms with E-state index >= 15 is 0 Å². The number of nitrogens with zero attached hydrogens (tertiary/aromatic N) is 6. The fraction of sp³-hybridized carbons (Fsp3) is 0.294. The second kappa shape index (κ2) is 15.3. The van der Waals surface area contributed by atoms with E-state index in [1.807, 2.05) is 0 Å². The van der Waals surface area contributed by atoms with Crippen LogP contribution in [0.5, 0.6) is 0 Å². The summed E-state index contributed by atoms with van der Waals surface area (Å²) < 4.78 is 0. The summed E-state index contributed by atoms with van der Waals surface area (Å²) in [6.07, 6.45) is 3.22. The largest absolute Gasteiger partial charge is 0.477 e. The van der Waals surface area contributed by atoms with Gasteiger partial charge in [0, 0.05) is 38.3 Å². The van der Waals surface area contributed by atoms with Crippen LogP contribution < -0.4 is 0 Å². The Kier molecular flexibility index (Phi) is 10.8. The Morgan fingerprint density at radius 3 is 0.958 bits per heavy atom. The minimum Gasteiger partial charge on any atom is -0.477 e. The summed E-state index contributed by atoms with van der Waals surface area (Å²) in [6.45, 7) is 0.923. The van der Waals surface area contributed by atoms with Crippen LogP contribution in [0.2, 0.25) is 0 Å². The van der Waals surface area contributed by atoms with Crippen LogP contribution in [0.3, 0.4) is 0 Å². The topological polar surface area (TPSA) is 207 Å². The number of hydrogen-bond acceptors (Lipinski definition) is 10. The molecule has 1 saturated carbocycles. The van der Waals surface area contributed by atoms with Gasteiger partial charge in [-0.3, -0.25) is 9.80 Å². The van der Waals surface area contributed by atoms with Crippen molar-refractivity contribution in [2.24, 2.45) is 0 Å². The molecule has 4 heterocycles. The lowest BCUT2D eigenvalue weighted by atomic mass is 9.87. The predicted molar refractivity (Wildman–Crippen MR) is 169 cm³/mol. The van der Waals surface area contributed by atoms with E-state index in [2.05, 4.69) is 29.7 Å². The first kappa shape index (κ1) is 33.8. The van der Waals surface area contributed by atoms with Crippen LogP contribution in [0.25, 0.3) is 0 Å². The van der Waals surface area contributed by atoms with Gasteiger partial charge in [-0.1, -0.05) is 37.1 Å². The SMILES string of the molecule is O=C(O)c1cccc(CN(Cc2cccc(C(=O)O)n2)[C@@H]2CCCC[C@H]2N(Cc2cccc(C(=O)O)n2)Cc2cccc(C(=O)O)n2)n1. The monoisotopic (exact) mass is 654 g/mol. The van der Waals surface area contributed by atoms with E-state index in [1.165, 1.54) is 24.3 Å². The fourth-order valence-electron chi connectivity index (χ4n) is 6.10. The normalized spacial score (nSPS) is 16.1. The second-order valence-corrected chi connectivity index (χ2v) is 11.5. The molecule has 4 aromatic heterocycles. The molecule has 0 saturated heterocycles. The molecular formula is C34H34N6O8. The first-order chi connectivity index (χ1) is 23.1. The number of carboxylic acid groups (broad SMARTS) is 4. The molecule has 14 heteroatoms. The van der Waals surface area contributed by atoms with E-state index in [0.717, 1.165) is 25.7 Å². The summed E-state index contributed by atoms with van der Waals surface area (Å²) in [4.78, 5) is 68.5. The minimum atomic E-state index is -1.16. The third-order valence-electron chi connectivity index (χ3n) is 8.20. The maximum absolute atomic E-state index is 11.7. The average Bonchev–Trinajstić information content (AvgIpc) is 3.08. The quantitative estimate of drug-likeness (QED) is 0.151. The second-order valence-electron chi connectivity index (χ2n) is 11.5. The Bertz CT molecular complexity index is 1570. The zero-order chi connectivity index (χ0) is 34.2. The number of aromatic nitrogens is 4. The molecule has 4 N–H and O–H groups in total. The lowest BCUT2D eigenvalue weighted by molar-refractivity contribution is 0.0269. The molecule has 4 aromatic rings. The highest BCUT2D eigenvalue weighted by atomic mass is 16.4. The number of carbonyl (C=O) groups is 4. The number of pyridine rings is 4. The number of aromatic carboxylic acids is 4. The maximum Gasteiger partial charge on any atom is 0.354 e. The molecule has 0 aromatic carbocycles. The van der Waals surface area contributed by atoms with Crippen molar-refractivity contribution in [2.75, 3.05) is 0 Å². The fourth-order valence-corrected chi connectivity index (χ4v) is 6.10. The zero-order valence-electron chi connectivity index (χ0n) is 25.8. The molecule has 5 rings (SSSR count).